The molecule has 8 heteroatoms. The third-order valence-electron chi connectivity index (χ3n) is 6.89. The number of piperidine rings is 1. The zero-order valence-electron chi connectivity index (χ0n) is 18.1. The van der Waals surface area contributed by atoms with Gasteiger partial charge in [-0.15, -0.1) is 0 Å². The van der Waals surface area contributed by atoms with E-state index in [1.165, 1.54) is 17.7 Å². The van der Waals surface area contributed by atoms with Gasteiger partial charge in [-0.05, 0) is 50.3 Å². The lowest BCUT2D eigenvalue weighted by atomic mass is 9.92. The molecule has 1 N–H and O–H groups in total. The van der Waals surface area contributed by atoms with Crippen molar-refractivity contribution in [1.29, 1.82) is 0 Å². The fraction of sp³-hybridized carbons (Fsp3) is 0.609. The van der Waals surface area contributed by atoms with Crippen LogP contribution in [0.1, 0.15) is 51.0 Å². The van der Waals surface area contributed by atoms with Crippen molar-refractivity contribution < 1.29 is 14.4 Å². The van der Waals surface area contributed by atoms with E-state index in [9.17, 15) is 14.4 Å². The number of benzene rings is 1. The van der Waals surface area contributed by atoms with Crippen LogP contribution in [-0.2, 0) is 15.1 Å². The Balaban J connectivity index is 1.34. The number of likely N-dealkylation sites (tertiary alicyclic amines) is 2. The van der Waals surface area contributed by atoms with Crippen molar-refractivity contribution in [2.75, 3.05) is 32.8 Å². The third kappa shape index (κ3) is 4.65. The van der Waals surface area contributed by atoms with Crippen LogP contribution in [0.3, 0.4) is 0 Å². The highest BCUT2D eigenvalue weighted by Gasteiger charge is 2.49. The van der Waals surface area contributed by atoms with Gasteiger partial charge < -0.3 is 10.2 Å². The van der Waals surface area contributed by atoms with Crippen molar-refractivity contribution in [1.82, 2.24) is 20.0 Å². The molecule has 3 heterocycles. The first-order valence-electron chi connectivity index (χ1n) is 11.3. The monoisotopic (exact) mass is 490 g/mol. The fourth-order valence-electron chi connectivity index (χ4n) is 4.87. The van der Waals surface area contributed by atoms with Crippen molar-refractivity contribution in [3.05, 3.63) is 34.3 Å². The minimum absolute atomic E-state index is 0.0606. The molecule has 0 radical (unpaired) electrons. The van der Waals surface area contributed by atoms with E-state index in [0.29, 0.717) is 5.91 Å². The molecule has 0 bridgehead atoms. The first-order chi connectivity index (χ1) is 14.9. The van der Waals surface area contributed by atoms with Gasteiger partial charge in [-0.2, -0.15) is 0 Å². The normalized spacial score (nSPS) is 26.1. The number of hydrogen-bond acceptors (Lipinski definition) is 4. The van der Waals surface area contributed by atoms with Crippen LogP contribution in [0, 0.1) is 5.92 Å². The number of carbonyl (C=O) groups excluding carboxylic acids is 3. The quantitative estimate of drug-likeness (QED) is 0.657. The zero-order chi connectivity index (χ0) is 22.0. The number of halogens is 1. The lowest BCUT2D eigenvalue weighted by Crippen LogP contribution is -2.48. The van der Waals surface area contributed by atoms with E-state index in [1.54, 1.807) is 6.92 Å². The molecule has 1 atom stereocenters. The average Bonchev–Trinajstić information content (AvgIpc) is 2.96. The second-order valence-electron chi connectivity index (χ2n) is 9.07. The van der Waals surface area contributed by atoms with Gasteiger partial charge in [0.1, 0.15) is 5.54 Å². The van der Waals surface area contributed by atoms with Gasteiger partial charge in [-0.25, -0.2) is 9.69 Å². The van der Waals surface area contributed by atoms with E-state index in [1.807, 2.05) is 24.3 Å². The number of carbonyl (C=O) groups is 3. The number of urea groups is 1. The summed E-state index contributed by atoms with van der Waals surface area (Å²) in [6, 6.07) is 7.08. The van der Waals surface area contributed by atoms with E-state index in [-0.39, 0.29) is 24.5 Å². The van der Waals surface area contributed by atoms with Gasteiger partial charge in [0.2, 0.25) is 5.91 Å². The van der Waals surface area contributed by atoms with E-state index in [2.05, 4.69) is 31.0 Å². The summed E-state index contributed by atoms with van der Waals surface area (Å²) in [5, 5.41) is 2.87. The molecular formula is C23H31BrN4O3. The fourth-order valence-corrected chi connectivity index (χ4v) is 5.14. The van der Waals surface area contributed by atoms with E-state index < -0.39 is 5.54 Å². The summed E-state index contributed by atoms with van der Waals surface area (Å²) >= 11 is 3.40. The minimum Gasteiger partial charge on any atom is -0.342 e. The van der Waals surface area contributed by atoms with E-state index >= 15 is 0 Å². The molecule has 3 aliphatic heterocycles. The summed E-state index contributed by atoms with van der Waals surface area (Å²) in [5.74, 6) is 0.118. The average molecular weight is 491 g/mol. The summed E-state index contributed by atoms with van der Waals surface area (Å²) in [7, 11) is 0. The van der Waals surface area contributed by atoms with Gasteiger partial charge in [0, 0.05) is 36.6 Å². The number of amides is 4. The van der Waals surface area contributed by atoms with Crippen LogP contribution in [0.4, 0.5) is 4.79 Å². The zero-order valence-corrected chi connectivity index (χ0v) is 19.7. The summed E-state index contributed by atoms with van der Waals surface area (Å²) < 4.78 is 0.922. The molecule has 0 aromatic heterocycles. The first-order valence-corrected chi connectivity index (χ1v) is 12.1. The molecule has 168 valence electrons. The van der Waals surface area contributed by atoms with E-state index in [4.69, 9.17) is 0 Å². The maximum absolute atomic E-state index is 13.2. The van der Waals surface area contributed by atoms with Crippen LogP contribution in [0.5, 0.6) is 0 Å². The maximum atomic E-state index is 13.2. The third-order valence-corrected chi connectivity index (χ3v) is 7.42. The Hall–Kier alpha value is -1.93. The number of hydrogen-bond donors (Lipinski definition) is 1. The first kappa shape index (κ1) is 22.3. The molecule has 0 unspecified atom stereocenters. The molecule has 4 amide bonds. The largest absolute Gasteiger partial charge is 0.342 e. The van der Waals surface area contributed by atoms with Gasteiger partial charge in [0.05, 0.1) is 6.67 Å². The molecule has 7 nitrogen and oxygen atoms in total. The molecule has 0 spiro atoms. The number of imide groups is 1. The molecule has 31 heavy (non-hydrogen) atoms. The highest BCUT2D eigenvalue weighted by molar-refractivity contribution is 9.10. The van der Waals surface area contributed by atoms with Gasteiger partial charge in [0.15, 0.2) is 0 Å². The van der Waals surface area contributed by atoms with Gasteiger partial charge in [-0.1, -0.05) is 40.9 Å². The van der Waals surface area contributed by atoms with Gasteiger partial charge in [0.25, 0.3) is 5.91 Å². The van der Waals surface area contributed by atoms with Crippen LogP contribution < -0.4 is 5.32 Å². The second-order valence-corrected chi connectivity index (χ2v) is 9.98. The molecule has 3 fully saturated rings. The van der Waals surface area contributed by atoms with E-state index in [0.717, 1.165) is 61.9 Å². The van der Waals surface area contributed by atoms with Crippen molar-refractivity contribution in [3.63, 3.8) is 0 Å². The lowest BCUT2D eigenvalue weighted by Gasteiger charge is -2.35. The molecule has 1 aromatic rings. The Morgan fingerprint density at radius 3 is 2.26 bits per heavy atom. The molecular weight excluding hydrogens is 460 g/mol. The molecule has 4 rings (SSSR count). The van der Waals surface area contributed by atoms with Crippen LogP contribution >= 0.6 is 15.9 Å². The molecule has 0 saturated carbocycles. The van der Waals surface area contributed by atoms with Gasteiger partial charge in [-0.3, -0.25) is 14.5 Å². The Morgan fingerprint density at radius 1 is 1.03 bits per heavy atom. The van der Waals surface area contributed by atoms with Gasteiger partial charge >= 0.3 is 6.03 Å². The number of rotatable bonds is 4. The predicted octanol–water partition coefficient (Wildman–Crippen LogP) is 3.29. The molecule has 3 aliphatic rings. The van der Waals surface area contributed by atoms with Crippen LogP contribution in [0.2, 0.25) is 0 Å². The summed E-state index contributed by atoms with van der Waals surface area (Å²) in [4.78, 5) is 44.1. The highest BCUT2D eigenvalue weighted by atomic mass is 79.9. The van der Waals surface area contributed by atoms with Crippen molar-refractivity contribution in [3.8, 4) is 0 Å². The van der Waals surface area contributed by atoms with Crippen molar-refractivity contribution in [2.45, 2.75) is 51.0 Å². The topological polar surface area (TPSA) is 73.0 Å². The number of nitrogens with one attached hydrogen (secondary N) is 1. The molecule has 3 saturated heterocycles. The standard InChI is InChI=1S/C23H31BrN4O3/c1-23(18-6-8-19(24)9-7-18)21(30)28(22(31)25-23)16-26-14-10-17(11-15-26)20(29)27-12-4-2-3-5-13-27/h6-9,17H,2-5,10-16H2,1H3,(H,25,31)/t23-/m0/s1. The van der Waals surface area contributed by atoms with Crippen LogP contribution in [0.25, 0.3) is 0 Å². The summed E-state index contributed by atoms with van der Waals surface area (Å²) in [6.07, 6.45) is 6.20. The smallest absolute Gasteiger partial charge is 0.326 e. The Bertz CT molecular complexity index is 830. The van der Waals surface area contributed by atoms with Crippen molar-refractivity contribution in [2.24, 2.45) is 5.92 Å². The summed E-state index contributed by atoms with van der Waals surface area (Å²) in [5.41, 5.74) is -0.294. The highest BCUT2D eigenvalue weighted by Crippen LogP contribution is 2.30. The number of nitrogens with zero attached hydrogens (tertiary/aromatic N) is 3. The maximum Gasteiger partial charge on any atom is 0.326 e. The Labute approximate surface area is 192 Å². The van der Waals surface area contributed by atoms with Crippen LogP contribution in [-0.4, -0.2) is 65.4 Å². The molecule has 1 aromatic carbocycles. The SMILES string of the molecule is C[C@@]1(c2ccc(Br)cc2)NC(=O)N(CN2CCC(C(=O)N3CCCCCC3)CC2)C1=O. The van der Waals surface area contributed by atoms with Crippen molar-refractivity contribution >= 4 is 33.8 Å². The Kier molecular flexibility index (Phi) is 6.67. The Morgan fingerprint density at radius 2 is 1.65 bits per heavy atom. The predicted molar refractivity (Wildman–Crippen MR) is 121 cm³/mol. The second kappa shape index (κ2) is 9.28. The van der Waals surface area contributed by atoms with Crippen LogP contribution in [0.15, 0.2) is 28.7 Å². The summed E-state index contributed by atoms with van der Waals surface area (Å²) in [6.45, 7) is 5.23. The molecule has 0 aliphatic carbocycles. The lowest BCUT2D eigenvalue weighted by molar-refractivity contribution is -0.138. The minimum atomic E-state index is -1.06.